The Morgan fingerprint density at radius 3 is 2.90 bits per heavy atom. The molecule has 21 heavy (non-hydrogen) atoms. The van der Waals surface area contributed by atoms with Gasteiger partial charge in [-0.05, 0) is 37.4 Å². The molecular weight excluding hydrogens is 264 g/mol. The molecule has 1 aliphatic heterocycles. The molecule has 3 rings (SSSR count). The second-order valence-electron chi connectivity index (χ2n) is 5.50. The lowest BCUT2D eigenvalue weighted by atomic mass is 9.98. The van der Waals surface area contributed by atoms with Crippen molar-refractivity contribution in [1.82, 2.24) is 14.7 Å². The van der Waals surface area contributed by atoms with E-state index in [1.54, 1.807) is 17.1 Å². The van der Waals surface area contributed by atoms with E-state index in [1.807, 2.05) is 35.2 Å². The van der Waals surface area contributed by atoms with Crippen LogP contribution in [0.1, 0.15) is 23.2 Å². The normalized spacial score (nSPS) is 18.7. The number of carbonyl (C=O) groups excluding carboxylic acids is 1. The van der Waals surface area contributed by atoms with E-state index >= 15 is 0 Å². The third-order valence-electron chi connectivity index (χ3n) is 3.99. The van der Waals surface area contributed by atoms with Crippen molar-refractivity contribution in [2.45, 2.75) is 12.8 Å². The number of benzene rings is 1. The number of nitrogens with two attached hydrogens (primary N) is 1. The second-order valence-corrected chi connectivity index (χ2v) is 5.50. The number of nitrogens with zero attached hydrogens (tertiary/aromatic N) is 3. The molecule has 1 amide bonds. The Morgan fingerprint density at radius 1 is 1.33 bits per heavy atom. The van der Waals surface area contributed by atoms with Crippen LogP contribution in [0.15, 0.2) is 42.7 Å². The summed E-state index contributed by atoms with van der Waals surface area (Å²) in [5, 5.41) is 4.29. The molecule has 0 saturated carbocycles. The summed E-state index contributed by atoms with van der Waals surface area (Å²) in [5.41, 5.74) is 7.32. The first-order valence-electron chi connectivity index (χ1n) is 7.37. The molecule has 0 aliphatic carbocycles. The van der Waals surface area contributed by atoms with Crippen molar-refractivity contribution in [2.24, 2.45) is 11.7 Å². The number of likely N-dealkylation sites (tertiary alicyclic amines) is 1. The van der Waals surface area contributed by atoms with Crippen molar-refractivity contribution in [2.75, 3.05) is 19.6 Å². The van der Waals surface area contributed by atoms with Crippen LogP contribution in [0.3, 0.4) is 0 Å². The van der Waals surface area contributed by atoms with Gasteiger partial charge in [0.2, 0.25) is 0 Å². The van der Waals surface area contributed by atoms with Crippen molar-refractivity contribution in [1.29, 1.82) is 0 Å². The lowest BCUT2D eigenvalue weighted by molar-refractivity contribution is 0.0678. The Labute approximate surface area is 124 Å². The molecule has 1 aromatic carbocycles. The van der Waals surface area contributed by atoms with Gasteiger partial charge in [-0.1, -0.05) is 18.2 Å². The molecule has 1 aromatic heterocycles. The van der Waals surface area contributed by atoms with Gasteiger partial charge in [-0.3, -0.25) is 4.79 Å². The lowest BCUT2D eigenvalue weighted by Gasteiger charge is -2.31. The number of hydrogen-bond donors (Lipinski definition) is 1. The molecule has 5 nitrogen and oxygen atoms in total. The van der Waals surface area contributed by atoms with Crippen LogP contribution in [0.2, 0.25) is 0 Å². The molecule has 2 N–H and O–H groups in total. The molecule has 5 heteroatoms. The van der Waals surface area contributed by atoms with Gasteiger partial charge >= 0.3 is 0 Å². The molecule has 0 spiro atoms. The summed E-state index contributed by atoms with van der Waals surface area (Å²) in [5.74, 6) is 0.474. The highest BCUT2D eigenvalue weighted by atomic mass is 16.2. The number of carbonyl (C=O) groups is 1. The van der Waals surface area contributed by atoms with Crippen LogP contribution < -0.4 is 5.73 Å². The molecule has 0 bridgehead atoms. The second kappa shape index (κ2) is 6.10. The van der Waals surface area contributed by atoms with Crippen LogP contribution in [-0.2, 0) is 0 Å². The molecule has 110 valence electrons. The minimum absolute atomic E-state index is 0.0512. The SMILES string of the molecule is NCC1CCCN(C(=O)c2cnn(-c3ccccc3)c2)C1. The molecule has 0 radical (unpaired) electrons. The highest BCUT2D eigenvalue weighted by Crippen LogP contribution is 2.18. The number of hydrogen-bond acceptors (Lipinski definition) is 3. The zero-order valence-corrected chi connectivity index (χ0v) is 12.0. The van der Waals surface area contributed by atoms with E-state index in [0.717, 1.165) is 31.6 Å². The number of piperidine rings is 1. The molecule has 1 saturated heterocycles. The van der Waals surface area contributed by atoms with Crippen molar-refractivity contribution < 1.29 is 4.79 Å². The molecule has 1 unspecified atom stereocenters. The average Bonchev–Trinajstić information content (AvgIpc) is 3.05. The van der Waals surface area contributed by atoms with Gasteiger partial charge in [-0.15, -0.1) is 0 Å². The highest BCUT2D eigenvalue weighted by molar-refractivity contribution is 5.93. The molecule has 2 aromatic rings. The molecule has 1 atom stereocenters. The van der Waals surface area contributed by atoms with Crippen LogP contribution in [0.25, 0.3) is 5.69 Å². The summed E-state index contributed by atoms with van der Waals surface area (Å²) in [4.78, 5) is 14.4. The van der Waals surface area contributed by atoms with Crippen LogP contribution in [0, 0.1) is 5.92 Å². The first-order valence-corrected chi connectivity index (χ1v) is 7.37. The predicted octanol–water partition coefficient (Wildman–Crippen LogP) is 1.68. The first-order chi connectivity index (χ1) is 10.3. The Kier molecular flexibility index (Phi) is 4.01. The minimum atomic E-state index is 0.0512. The van der Waals surface area contributed by atoms with Gasteiger partial charge in [0.1, 0.15) is 0 Å². The maximum Gasteiger partial charge on any atom is 0.257 e. The Morgan fingerprint density at radius 2 is 2.14 bits per heavy atom. The standard InChI is InChI=1S/C16H20N4O/c17-9-13-5-4-8-19(11-13)16(21)14-10-18-20(12-14)15-6-2-1-3-7-15/h1-3,6-7,10,12-13H,4-5,8-9,11,17H2. The zero-order valence-electron chi connectivity index (χ0n) is 12.0. The van der Waals surface area contributed by atoms with Gasteiger partial charge < -0.3 is 10.6 Å². The summed E-state index contributed by atoms with van der Waals surface area (Å²) in [6.07, 6.45) is 5.58. The number of amides is 1. The van der Waals surface area contributed by atoms with Crippen LogP contribution in [0.5, 0.6) is 0 Å². The number of aromatic nitrogens is 2. The van der Waals surface area contributed by atoms with E-state index in [-0.39, 0.29) is 5.91 Å². The van der Waals surface area contributed by atoms with E-state index in [0.29, 0.717) is 18.0 Å². The van der Waals surface area contributed by atoms with Crippen LogP contribution >= 0.6 is 0 Å². The number of rotatable bonds is 3. The maximum absolute atomic E-state index is 12.5. The quantitative estimate of drug-likeness (QED) is 0.932. The maximum atomic E-state index is 12.5. The molecule has 2 heterocycles. The summed E-state index contributed by atoms with van der Waals surface area (Å²) in [6, 6.07) is 9.79. The smallest absolute Gasteiger partial charge is 0.257 e. The summed E-state index contributed by atoms with van der Waals surface area (Å²) < 4.78 is 1.73. The fourth-order valence-corrected chi connectivity index (χ4v) is 2.78. The summed E-state index contributed by atoms with van der Waals surface area (Å²) in [6.45, 7) is 2.21. The van der Waals surface area contributed by atoms with Gasteiger partial charge in [0.05, 0.1) is 17.4 Å². The van der Waals surface area contributed by atoms with E-state index in [2.05, 4.69) is 5.10 Å². The van der Waals surface area contributed by atoms with Crippen LogP contribution in [0.4, 0.5) is 0 Å². The predicted molar refractivity (Wildman–Crippen MR) is 81.2 cm³/mol. The topological polar surface area (TPSA) is 64.2 Å². The van der Waals surface area contributed by atoms with Gasteiger partial charge in [0.15, 0.2) is 0 Å². The Bertz CT molecular complexity index is 608. The molecule has 1 aliphatic rings. The molecule has 1 fully saturated rings. The molecular formula is C16H20N4O. The van der Waals surface area contributed by atoms with Crippen molar-refractivity contribution >= 4 is 5.91 Å². The largest absolute Gasteiger partial charge is 0.338 e. The lowest BCUT2D eigenvalue weighted by Crippen LogP contribution is -2.41. The van der Waals surface area contributed by atoms with Gasteiger partial charge in [-0.25, -0.2) is 4.68 Å². The highest BCUT2D eigenvalue weighted by Gasteiger charge is 2.24. The van der Waals surface area contributed by atoms with E-state index < -0.39 is 0 Å². The fourth-order valence-electron chi connectivity index (χ4n) is 2.78. The van der Waals surface area contributed by atoms with Crippen molar-refractivity contribution in [3.8, 4) is 5.69 Å². The van der Waals surface area contributed by atoms with Crippen LogP contribution in [-0.4, -0.2) is 40.2 Å². The third-order valence-corrected chi connectivity index (χ3v) is 3.99. The van der Waals surface area contributed by atoms with E-state index in [4.69, 9.17) is 5.73 Å². The zero-order chi connectivity index (χ0) is 14.7. The number of para-hydroxylation sites is 1. The summed E-state index contributed by atoms with van der Waals surface area (Å²) in [7, 11) is 0. The fraction of sp³-hybridized carbons (Fsp3) is 0.375. The summed E-state index contributed by atoms with van der Waals surface area (Å²) >= 11 is 0. The van der Waals surface area contributed by atoms with Crippen molar-refractivity contribution in [3.05, 3.63) is 48.3 Å². The average molecular weight is 284 g/mol. The Balaban J connectivity index is 1.75. The third kappa shape index (κ3) is 2.97. The van der Waals surface area contributed by atoms with E-state index in [1.165, 1.54) is 0 Å². The van der Waals surface area contributed by atoms with Gasteiger partial charge in [-0.2, -0.15) is 5.10 Å². The van der Waals surface area contributed by atoms with Gasteiger partial charge in [0, 0.05) is 19.3 Å². The first kappa shape index (κ1) is 13.8. The monoisotopic (exact) mass is 284 g/mol. The minimum Gasteiger partial charge on any atom is -0.338 e. The van der Waals surface area contributed by atoms with Crippen molar-refractivity contribution in [3.63, 3.8) is 0 Å². The Hall–Kier alpha value is -2.14. The van der Waals surface area contributed by atoms with Gasteiger partial charge in [0.25, 0.3) is 5.91 Å². The van der Waals surface area contributed by atoms with E-state index in [9.17, 15) is 4.79 Å².